The van der Waals surface area contributed by atoms with Crippen LogP contribution in [0.1, 0.15) is 23.8 Å². The molecule has 18 heavy (non-hydrogen) atoms. The first-order chi connectivity index (χ1) is 8.50. The summed E-state index contributed by atoms with van der Waals surface area (Å²) in [7, 11) is 0. The number of hydrogen-bond acceptors (Lipinski definition) is 5. The second-order valence-corrected chi connectivity index (χ2v) is 4.38. The summed E-state index contributed by atoms with van der Waals surface area (Å²) in [6, 6.07) is 2.42. The molecule has 2 heterocycles. The van der Waals surface area contributed by atoms with Crippen molar-refractivity contribution >= 4 is 17.7 Å². The molecule has 0 spiro atoms. The first kappa shape index (κ1) is 12.3. The summed E-state index contributed by atoms with van der Waals surface area (Å²) in [5, 5.41) is 16.7. The summed E-state index contributed by atoms with van der Waals surface area (Å²) in [5.74, 6) is -1.02. The smallest absolute Gasteiger partial charge is 0.326 e. The van der Waals surface area contributed by atoms with Gasteiger partial charge in [0.15, 0.2) is 11.5 Å². The standard InChI is InChI=1S/C11H14N4O3/c1-6-4-5-15(9(6)11(17)18)8-3-2-7(10(12)16)13-14-8/h2-3,6,9H,4-5H2,1H3,(H2,12,16)(H,17,18). The molecule has 1 aromatic rings. The molecule has 0 aliphatic carbocycles. The van der Waals surface area contributed by atoms with Crippen LogP contribution in [-0.2, 0) is 4.79 Å². The predicted octanol–water partition coefficient (Wildman–Crippen LogP) is -0.125. The topological polar surface area (TPSA) is 109 Å². The van der Waals surface area contributed by atoms with E-state index < -0.39 is 17.9 Å². The summed E-state index contributed by atoms with van der Waals surface area (Å²) >= 11 is 0. The average molecular weight is 250 g/mol. The number of primary amides is 1. The molecule has 3 N–H and O–H groups in total. The van der Waals surface area contributed by atoms with Crippen LogP contribution in [0.2, 0.25) is 0 Å². The molecule has 7 nitrogen and oxygen atoms in total. The number of rotatable bonds is 3. The molecule has 1 saturated heterocycles. The maximum Gasteiger partial charge on any atom is 0.326 e. The molecule has 0 bridgehead atoms. The van der Waals surface area contributed by atoms with Gasteiger partial charge in [0.1, 0.15) is 6.04 Å². The minimum absolute atomic E-state index is 0.0557. The Morgan fingerprint density at radius 2 is 2.17 bits per heavy atom. The molecular weight excluding hydrogens is 236 g/mol. The highest BCUT2D eigenvalue weighted by Crippen LogP contribution is 2.28. The maximum atomic E-state index is 11.2. The van der Waals surface area contributed by atoms with Crippen molar-refractivity contribution in [2.24, 2.45) is 11.7 Å². The molecule has 0 radical (unpaired) electrons. The van der Waals surface area contributed by atoms with E-state index in [-0.39, 0.29) is 11.6 Å². The van der Waals surface area contributed by atoms with Crippen molar-refractivity contribution in [3.05, 3.63) is 17.8 Å². The van der Waals surface area contributed by atoms with Gasteiger partial charge in [0, 0.05) is 6.54 Å². The third kappa shape index (κ3) is 2.11. The second-order valence-electron chi connectivity index (χ2n) is 4.38. The van der Waals surface area contributed by atoms with E-state index >= 15 is 0 Å². The number of carboxylic acids is 1. The van der Waals surface area contributed by atoms with E-state index in [1.54, 1.807) is 11.0 Å². The lowest BCUT2D eigenvalue weighted by molar-refractivity contribution is -0.139. The number of nitrogens with zero attached hydrogens (tertiary/aromatic N) is 3. The Hall–Kier alpha value is -2.18. The normalized spacial score (nSPS) is 23.1. The summed E-state index contributed by atoms with van der Waals surface area (Å²) in [6.45, 7) is 2.51. The zero-order valence-electron chi connectivity index (χ0n) is 9.91. The highest BCUT2D eigenvalue weighted by molar-refractivity contribution is 5.90. The van der Waals surface area contributed by atoms with Crippen LogP contribution in [0.4, 0.5) is 5.82 Å². The Labute approximate surface area is 104 Å². The van der Waals surface area contributed by atoms with Crippen molar-refractivity contribution in [2.45, 2.75) is 19.4 Å². The van der Waals surface area contributed by atoms with Gasteiger partial charge >= 0.3 is 5.97 Å². The van der Waals surface area contributed by atoms with Crippen molar-refractivity contribution in [1.82, 2.24) is 10.2 Å². The zero-order valence-corrected chi connectivity index (χ0v) is 9.91. The van der Waals surface area contributed by atoms with Crippen LogP contribution in [0.3, 0.4) is 0 Å². The van der Waals surface area contributed by atoms with E-state index in [0.29, 0.717) is 12.4 Å². The molecule has 0 aromatic carbocycles. The number of hydrogen-bond donors (Lipinski definition) is 2. The van der Waals surface area contributed by atoms with E-state index in [4.69, 9.17) is 5.73 Å². The second kappa shape index (κ2) is 4.59. The van der Waals surface area contributed by atoms with Gasteiger partial charge in [0.05, 0.1) is 0 Å². The Balaban J connectivity index is 2.25. The van der Waals surface area contributed by atoms with E-state index in [1.165, 1.54) is 6.07 Å². The van der Waals surface area contributed by atoms with Crippen LogP contribution in [0, 0.1) is 5.92 Å². The lowest BCUT2D eigenvalue weighted by Crippen LogP contribution is -2.39. The number of anilines is 1. The lowest BCUT2D eigenvalue weighted by Gasteiger charge is -2.23. The highest BCUT2D eigenvalue weighted by Gasteiger charge is 2.37. The monoisotopic (exact) mass is 250 g/mol. The van der Waals surface area contributed by atoms with Gasteiger partial charge in [-0.05, 0) is 24.5 Å². The first-order valence-electron chi connectivity index (χ1n) is 5.63. The number of nitrogens with two attached hydrogens (primary N) is 1. The van der Waals surface area contributed by atoms with Gasteiger partial charge in [-0.2, -0.15) is 0 Å². The molecule has 96 valence electrons. The number of carboxylic acid groups (broad SMARTS) is 1. The summed E-state index contributed by atoms with van der Waals surface area (Å²) in [5.41, 5.74) is 5.13. The molecule has 1 aromatic heterocycles. The van der Waals surface area contributed by atoms with Crippen LogP contribution >= 0.6 is 0 Å². The van der Waals surface area contributed by atoms with Crippen LogP contribution in [0.5, 0.6) is 0 Å². The Morgan fingerprint density at radius 3 is 2.67 bits per heavy atom. The van der Waals surface area contributed by atoms with Crippen LogP contribution in [0.15, 0.2) is 12.1 Å². The molecule has 0 saturated carbocycles. The Bertz CT molecular complexity index is 474. The fourth-order valence-electron chi connectivity index (χ4n) is 2.19. The third-order valence-corrected chi connectivity index (χ3v) is 3.15. The van der Waals surface area contributed by atoms with Crippen molar-refractivity contribution in [3.63, 3.8) is 0 Å². The van der Waals surface area contributed by atoms with Crippen LogP contribution in [0.25, 0.3) is 0 Å². The summed E-state index contributed by atoms with van der Waals surface area (Å²) < 4.78 is 0. The molecule has 2 atom stereocenters. The number of carbonyl (C=O) groups is 2. The first-order valence-corrected chi connectivity index (χ1v) is 5.63. The maximum absolute atomic E-state index is 11.2. The molecule has 7 heteroatoms. The molecule has 1 amide bonds. The van der Waals surface area contributed by atoms with Gasteiger partial charge in [0.2, 0.25) is 0 Å². The van der Waals surface area contributed by atoms with Gasteiger partial charge in [-0.1, -0.05) is 6.92 Å². The SMILES string of the molecule is CC1CCN(c2ccc(C(N)=O)nn2)C1C(=O)O. The Kier molecular flexibility index (Phi) is 3.14. The quantitative estimate of drug-likeness (QED) is 0.773. The van der Waals surface area contributed by atoms with Gasteiger partial charge in [0.25, 0.3) is 5.91 Å². The third-order valence-electron chi connectivity index (χ3n) is 3.15. The van der Waals surface area contributed by atoms with Gasteiger partial charge in [-0.15, -0.1) is 10.2 Å². The minimum Gasteiger partial charge on any atom is -0.480 e. The van der Waals surface area contributed by atoms with Crippen LogP contribution < -0.4 is 10.6 Å². The number of aliphatic carboxylic acids is 1. The number of carbonyl (C=O) groups excluding carboxylic acids is 1. The minimum atomic E-state index is -0.874. The van der Waals surface area contributed by atoms with E-state index in [9.17, 15) is 14.7 Å². The fourth-order valence-corrected chi connectivity index (χ4v) is 2.19. The van der Waals surface area contributed by atoms with Gasteiger partial charge < -0.3 is 15.7 Å². The van der Waals surface area contributed by atoms with Gasteiger partial charge in [-0.3, -0.25) is 4.79 Å². The predicted molar refractivity (Wildman–Crippen MR) is 63.1 cm³/mol. The number of amides is 1. The lowest BCUT2D eigenvalue weighted by atomic mass is 10.0. The highest BCUT2D eigenvalue weighted by atomic mass is 16.4. The number of aromatic nitrogens is 2. The average Bonchev–Trinajstić information content (AvgIpc) is 2.71. The van der Waals surface area contributed by atoms with E-state index in [2.05, 4.69) is 10.2 Å². The molecular formula is C11H14N4O3. The summed E-state index contributed by atoms with van der Waals surface area (Å²) in [6.07, 6.45) is 0.788. The van der Waals surface area contributed by atoms with Crippen LogP contribution in [-0.4, -0.2) is 39.8 Å². The van der Waals surface area contributed by atoms with E-state index in [1.807, 2.05) is 6.92 Å². The molecule has 1 fully saturated rings. The van der Waals surface area contributed by atoms with E-state index in [0.717, 1.165) is 6.42 Å². The molecule has 1 aliphatic heterocycles. The van der Waals surface area contributed by atoms with Crippen molar-refractivity contribution < 1.29 is 14.7 Å². The van der Waals surface area contributed by atoms with Crippen molar-refractivity contribution in [1.29, 1.82) is 0 Å². The molecule has 1 aliphatic rings. The largest absolute Gasteiger partial charge is 0.480 e. The Morgan fingerprint density at radius 1 is 1.44 bits per heavy atom. The summed E-state index contributed by atoms with van der Waals surface area (Å²) in [4.78, 5) is 23.8. The van der Waals surface area contributed by atoms with Crippen molar-refractivity contribution in [2.75, 3.05) is 11.4 Å². The molecule has 2 rings (SSSR count). The van der Waals surface area contributed by atoms with Gasteiger partial charge in [-0.25, -0.2) is 4.79 Å². The van der Waals surface area contributed by atoms with Crippen molar-refractivity contribution in [3.8, 4) is 0 Å². The zero-order chi connectivity index (χ0) is 13.3. The molecule has 2 unspecified atom stereocenters. The fraction of sp³-hybridized carbons (Fsp3) is 0.455.